The van der Waals surface area contributed by atoms with Crippen LogP contribution in [0.25, 0.3) is 0 Å². The Bertz CT molecular complexity index is 1110. The van der Waals surface area contributed by atoms with Gasteiger partial charge in [0.1, 0.15) is 54.5 Å². The number of aliphatic carboxylic acids is 1. The molecule has 1 unspecified atom stereocenters. The molecule has 38 heavy (non-hydrogen) atoms. The molecule has 2 fully saturated rings. The third kappa shape index (κ3) is 6.20. The van der Waals surface area contributed by atoms with Gasteiger partial charge in [-0.05, 0) is 6.07 Å². The van der Waals surface area contributed by atoms with Gasteiger partial charge in [-0.15, -0.1) is 0 Å². The van der Waals surface area contributed by atoms with Crippen LogP contribution >= 0.6 is 7.82 Å². The number of nitrogens with zero attached hydrogens (tertiary/aromatic N) is 2. The van der Waals surface area contributed by atoms with Gasteiger partial charge in [-0.3, -0.25) is 13.7 Å². The summed E-state index contributed by atoms with van der Waals surface area (Å²) in [5.74, 6) is -5.91. The molecule has 3 heterocycles. The standard InChI is InChI=1S/C18H28N3O16P/c19-9-1-2-21(17(31)20-9)15-13(28)12(27)8(35-15)5-34-38(32,33)37-18(16(29)30)3-6(23)10(25)14(36-18)11(26)7(24)4-22/h1-2,6-8,10-15,22-28H,3-5H2,(H,29,30)(H,32,33)(H2,19,20,31)/p-2/t6-,7+,8+,10+,11+,12+,13+,14+,15+,18+/m0/s1. The molecular formula is C18H26N3O16P-2. The molecule has 0 amide bonds. The summed E-state index contributed by atoms with van der Waals surface area (Å²) in [4.78, 5) is 39.7. The van der Waals surface area contributed by atoms with Crippen LogP contribution in [0.15, 0.2) is 17.1 Å². The molecule has 0 spiro atoms. The Hall–Kier alpha value is -2.10. The Kier molecular flexibility index (Phi) is 9.26. The lowest BCUT2D eigenvalue weighted by molar-refractivity contribution is -0.383. The number of ether oxygens (including phenoxy) is 2. The minimum atomic E-state index is -5.77. The van der Waals surface area contributed by atoms with Crippen LogP contribution in [0.3, 0.4) is 0 Å². The molecule has 3 rings (SSSR count). The van der Waals surface area contributed by atoms with Gasteiger partial charge < -0.3 is 70.3 Å². The van der Waals surface area contributed by atoms with E-state index in [0.29, 0.717) is 0 Å². The summed E-state index contributed by atoms with van der Waals surface area (Å²) in [6.45, 7) is -2.17. The Morgan fingerprint density at radius 2 is 1.95 bits per heavy atom. The molecule has 9 N–H and O–H groups in total. The predicted molar refractivity (Wildman–Crippen MR) is 112 cm³/mol. The maximum Gasteiger partial charge on any atom is 0.351 e. The van der Waals surface area contributed by atoms with Gasteiger partial charge in [0.25, 0.3) is 7.82 Å². The Balaban J connectivity index is 1.74. The number of rotatable bonds is 10. The fraction of sp³-hybridized carbons (Fsp3) is 0.722. The van der Waals surface area contributed by atoms with Crippen LogP contribution in [0.1, 0.15) is 12.6 Å². The summed E-state index contributed by atoms with van der Waals surface area (Å²) in [5.41, 5.74) is 4.42. The topological polar surface area (TPSA) is 320 Å². The highest BCUT2D eigenvalue weighted by Gasteiger charge is 2.53. The van der Waals surface area contributed by atoms with E-state index in [-0.39, 0.29) is 5.82 Å². The van der Waals surface area contributed by atoms with Gasteiger partial charge in [0.05, 0.1) is 19.3 Å². The van der Waals surface area contributed by atoms with Gasteiger partial charge in [-0.1, -0.05) is 0 Å². The van der Waals surface area contributed by atoms with E-state index < -0.39 is 100.0 Å². The zero-order valence-electron chi connectivity index (χ0n) is 19.2. The minimum absolute atomic E-state index is 0.145. The van der Waals surface area contributed by atoms with Crippen LogP contribution in [0.5, 0.6) is 0 Å². The maximum absolute atomic E-state index is 12.5. The number of anilines is 1. The normalized spacial score (nSPS) is 36.9. The van der Waals surface area contributed by atoms with Gasteiger partial charge in [0.15, 0.2) is 6.23 Å². The number of hydrogen-bond acceptors (Lipinski definition) is 18. The Morgan fingerprint density at radius 3 is 2.53 bits per heavy atom. The summed E-state index contributed by atoms with van der Waals surface area (Å²) < 4.78 is 32.5. The van der Waals surface area contributed by atoms with Gasteiger partial charge >= 0.3 is 5.69 Å². The quantitative estimate of drug-likeness (QED) is 0.121. The highest BCUT2D eigenvalue weighted by molar-refractivity contribution is 7.45. The largest absolute Gasteiger partial charge is 0.756 e. The number of aromatic nitrogens is 2. The fourth-order valence-electron chi connectivity index (χ4n) is 3.87. The van der Waals surface area contributed by atoms with Crippen LogP contribution in [-0.2, 0) is 27.9 Å². The van der Waals surface area contributed by atoms with Crippen LogP contribution in [0, 0.1) is 0 Å². The van der Waals surface area contributed by atoms with Crippen molar-refractivity contribution in [2.24, 2.45) is 0 Å². The number of phosphoric ester groups is 1. The number of aliphatic hydroxyl groups is 7. The summed E-state index contributed by atoms with van der Waals surface area (Å²) >= 11 is 0. The minimum Gasteiger partial charge on any atom is -0.756 e. The third-order valence-corrected chi connectivity index (χ3v) is 6.87. The van der Waals surface area contributed by atoms with Gasteiger partial charge in [-0.2, -0.15) is 4.98 Å². The molecule has 0 radical (unpaired) electrons. The number of phosphoric acid groups is 1. The monoisotopic (exact) mass is 571 g/mol. The number of carboxylic acid groups (broad SMARTS) is 1. The second-order valence-electron chi connectivity index (χ2n) is 8.55. The van der Waals surface area contributed by atoms with E-state index in [2.05, 4.69) is 14.0 Å². The molecule has 2 aliphatic heterocycles. The second-order valence-corrected chi connectivity index (χ2v) is 9.88. The van der Waals surface area contributed by atoms with Crippen molar-refractivity contribution in [2.75, 3.05) is 18.9 Å². The average Bonchev–Trinajstić information content (AvgIpc) is 3.12. The number of aliphatic hydroxyl groups excluding tert-OH is 7. The number of hydrogen-bond donors (Lipinski definition) is 8. The summed E-state index contributed by atoms with van der Waals surface area (Å²) in [5, 5.41) is 81.0. The van der Waals surface area contributed by atoms with Crippen molar-refractivity contribution in [1.82, 2.24) is 9.55 Å². The Labute approximate surface area is 212 Å². The lowest BCUT2D eigenvalue weighted by Crippen LogP contribution is -2.66. The predicted octanol–water partition coefficient (Wildman–Crippen LogP) is -7.38. The SMILES string of the molecule is Nc1ccn([C@@H]2O[C@H](COP(=O)([O-])O[C@@]3(C(=O)[O-])C[C@H](O)[C@@H](O)[C@H]([C@H](O)[C@H](O)CO)O3)[C@@H](O)[C@H]2O)c(=O)n1. The first kappa shape index (κ1) is 30.4. The second kappa shape index (κ2) is 11.6. The van der Waals surface area contributed by atoms with Crippen LogP contribution < -0.4 is 21.4 Å². The van der Waals surface area contributed by atoms with Crippen molar-refractivity contribution in [3.8, 4) is 0 Å². The fourth-order valence-corrected chi connectivity index (χ4v) is 4.80. The third-order valence-electron chi connectivity index (χ3n) is 5.88. The highest BCUT2D eigenvalue weighted by Crippen LogP contribution is 2.48. The van der Waals surface area contributed by atoms with Crippen molar-refractivity contribution in [2.45, 2.75) is 67.3 Å². The highest BCUT2D eigenvalue weighted by atomic mass is 31.2. The molecule has 20 heteroatoms. The van der Waals surface area contributed by atoms with E-state index in [9.17, 15) is 54.8 Å². The zero-order valence-corrected chi connectivity index (χ0v) is 20.1. The average molecular weight is 571 g/mol. The summed E-state index contributed by atoms with van der Waals surface area (Å²) in [7, 11) is -5.77. The van der Waals surface area contributed by atoms with Gasteiger partial charge in [0, 0.05) is 12.6 Å². The molecule has 0 aromatic carbocycles. The zero-order chi connectivity index (χ0) is 28.6. The van der Waals surface area contributed by atoms with Crippen molar-refractivity contribution in [3.05, 3.63) is 22.7 Å². The molecule has 11 atom stereocenters. The summed E-state index contributed by atoms with van der Waals surface area (Å²) in [6.07, 6.45) is -17.4. The van der Waals surface area contributed by atoms with E-state index in [4.69, 9.17) is 20.3 Å². The lowest BCUT2D eigenvalue weighted by Gasteiger charge is -2.48. The van der Waals surface area contributed by atoms with Crippen LogP contribution in [0.4, 0.5) is 5.82 Å². The number of nitrogens with two attached hydrogens (primary N) is 1. The molecular weight excluding hydrogens is 545 g/mol. The molecule has 0 saturated carbocycles. The molecule has 2 saturated heterocycles. The van der Waals surface area contributed by atoms with Crippen molar-refractivity contribution in [1.29, 1.82) is 0 Å². The smallest absolute Gasteiger partial charge is 0.351 e. The number of nitrogen functional groups attached to an aromatic ring is 1. The molecule has 0 aliphatic carbocycles. The number of carbonyl (C=O) groups excluding carboxylic acids is 1. The number of carbonyl (C=O) groups is 1. The molecule has 2 aliphatic rings. The van der Waals surface area contributed by atoms with E-state index in [1.165, 1.54) is 6.07 Å². The summed E-state index contributed by atoms with van der Waals surface area (Å²) in [6, 6.07) is 1.19. The van der Waals surface area contributed by atoms with E-state index in [1.54, 1.807) is 0 Å². The van der Waals surface area contributed by atoms with Crippen molar-refractivity contribution >= 4 is 19.6 Å². The maximum atomic E-state index is 12.5. The first-order chi connectivity index (χ1) is 17.6. The molecule has 1 aromatic heterocycles. The molecule has 19 nitrogen and oxygen atoms in total. The lowest BCUT2D eigenvalue weighted by atomic mass is 9.91. The first-order valence-corrected chi connectivity index (χ1v) is 12.3. The number of carboxylic acids is 1. The molecule has 216 valence electrons. The Morgan fingerprint density at radius 1 is 1.29 bits per heavy atom. The van der Waals surface area contributed by atoms with Crippen molar-refractivity contribution < 1.29 is 73.6 Å². The van der Waals surface area contributed by atoms with Crippen LogP contribution in [-0.4, -0.2) is 119 Å². The van der Waals surface area contributed by atoms with Crippen LogP contribution in [0.2, 0.25) is 0 Å². The van der Waals surface area contributed by atoms with Gasteiger partial charge in [-0.25, -0.2) is 4.79 Å². The van der Waals surface area contributed by atoms with E-state index >= 15 is 0 Å². The van der Waals surface area contributed by atoms with E-state index in [1.807, 2.05) is 0 Å². The van der Waals surface area contributed by atoms with E-state index in [0.717, 1.165) is 10.8 Å². The van der Waals surface area contributed by atoms with Gasteiger partial charge in [0.2, 0.25) is 5.79 Å². The first-order valence-electron chi connectivity index (χ1n) is 10.9. The molecule has 0 bridgehead atoms. The molecule has 1 aromatic rings. The van der Waals surface area contributed by atoms with Crippen molar-refractivity contribution in [3.63, 3.8) is 0 Å².